The summed E-state index contributed by atoms with van der Waals surface area (Å²) >= 11 is 0. The molecule has 1 amide bonds. The molecule has 2 rings (SSSR count). The van der Waals surface area contributed by atoms with Crippen LogP contribution in [-0.2, 0) is 4.79 Å². The van der Waals surface area contributed by atoms with Crippen molar-refractivity contribution in [2.75, 3.05) is 19.7 Å². The predicted octanol–water partition coefficient (Wildman–Crippen LogP) is 1.94. The summed E-state index contributed by atoms with van der Waals surface area (Å²) < 4.78 is 5.63. The number of aryl methyl sites for hydroxylation is 2. The number of nitrogens with one attached hydrogen (secondary N) is 2. The number of hydrogen-bond donors (Lipinski definition) is 2. The average Bonchev–Trinajstić information content (AvgIpc) is 2.44. The van der Waals surface area contributed by atoms with Gasteiger partial charge in [-0.2, -0.15) is 0 Å². The third-order valence-corrected chi connectivity index (χ3v) is 3.74. The van der Waals surface area contributed by atoms with Crippen LogP contribution in [-0.4, -0.2) is 31.6 Å². The second kappa shape index (κ2) is 7.29. The van der Waals surface area contributed by atoms with Crippen molar-refractivity contribution in [3.63, 3.8) is 0 Å². The van der Waals surface area contributed by atoms with E-state index in [9.17, 15) is 4.79 Å². The molecule has 1 aliphatic rings. The molecule has 1 saturated heterocycles. The number of ether oxygens (including phenoxy) is 1. The van der Waals surface area contributed by atoms with Gasteiger partial charge in [0.2, 0.25) is 5.91 Å². The Morgan fingerprint density at radius 2 is 2.25 bits per heavy atom. The first-order valence-electron chi connectivity index (χ1n) is 7.35. The van der Waals surface area contributed by atoms with E-state index >= 15 is 0 Å². The average molecular weight is 276 g/mol. The maximum Gasteiger partial charge on any atom is 0.223 e. The zero-order valence-corrected chi connectivity index (χ0v) is 12.4. The lowest BCUT2D eigenvalue weighted by atomic mass is 10.1. The molecule has 1 unspecified atom stereocenters. The standard InChI is InChI=1S/C16H24N2O2/c1-12-5-6-15(10-13(12)2)20-9-7-16(19)18-14-4-3-8-17-11-14/h5-6,10,14,17H,3-4,7-9,11H2,1-2H3,(H,18,19). The molecule has 1 aromatic carbocycles. The number of benzene rings is 1. The van der Waals surface area contributed by atoms with E-state index in [1.807, 2.05) is 18.2 Å². The second-order valence-electron chi connectivity index (χ2n) is 5.46. The molecule has 2 N–H and O–H groups in total. The van der Waals surface area contributed by atoms with Gasteiger partial charge in [-0.3, -0.25) is 4.79 Å². The van der Waals surface area contributed by atoms with E-state index < -0.39 is 0 Å². The lowest BCUT2D eigenvalue weighted by Gasteiger charge is -2.23. The molecular weight excluding hydrogens is 252 g/mol. The molecule has 1 atom stereocenters. The van der Waals surface area contributed by atoms with Crippen LogP contribution in [0, 0.1) is 13.8 Å². The van der Waals surface area contributed by atoms with Crippen LogP contribution in [0.1, 0.15) is 30.4 Å². The van der Waals surface area contributed by atoms with E-state index in [-0.39, 0.29) is 11.9 Å². The molecule has 110 valence electrons. The summed E-state index contributed by atoms with van der Waals surface area (Å²) in [6, 6.07) is 6.28. The summed E-state index contributed by atoms with van der Waals surface area (Å²) in [5.41, 5.74) is 2.46. The smallest absolute Gasteiger partial charge is 0.223 e. The zero-order chi connectivity index (χ0) is 14.4. The Labute approximate surface area is 120 Å². The van der Waals surface area contributed by atoms with Crippen LogP contribution in [0.15, 0.2) is 18.2 Å². The molecule has 0 aliphatic carbocycles. The Kier molecular flexibility index (Phi) is 5.41. The third kappa shape index (κ3) is 4.53. The van der Waals surface area contributed by atoms with Crippen LogP contribution in [0.3, 0.4) is 0 Å². The van der Waals surface area contributed by atoms with Gasteiger partial charge in [0.05, 0.1) is 13.0 Å². The normalized spacial score (nSPS) is 18.6. The minimum absolute atomic E-state index is 0.0718. The Morgan fingerprint density at radius 1 is 1.40 bits per heavy atom. The molecule has 0 saturated carbocycles. The fourth-order valence-corrected chi connectivity index (χ4v) is 2.34. The van der Waals surface area contributed by atoms with E-state index in [4.69, 9.17) is 4.74 Å². The van der Waals surface area contributed by atoms with Crippen LogP contribution in [0.4, 0.5) is 0 Å². The van der Waals surface area contributed by atoms with Gasteiger partial charge in [-0.25, -0.2) is 0 Å². The number of carbonyl (C=O) groups is 1. The van der Waals surface area contributed by atoms with E-state index in [0.29, 0.717) is 13.0 Å². The van der Waals surface area contributed by atoms with Crippen molar-refractivity contribution in [3.8, 4) is 5.75 Å². The second-order valence-corrected chi connectivity index (χ2v) is 5.46. The molecular formula is C16H24N2O2. The maximum atomic E-state index is 11.8. The van der Waals surface area contributed by atoms with Gasteiger partial charge in [-0.05, 0) is 56.5 Å². The minimum Gasteiger partial charge on any atom is -0.493 e. The van der Waals surface area contributed by atoms with Gasteiger partial charge in [0.25, 0.3) is 0 Å². The molecule has 1 heterocycles. The van der Waals surface area contributed by atoms with Crippen molar-refractivity contribution in [1.82, 2.24) is 10.6 Å². The van der Waals surface area contributed by atoms with Gasteiger partial charge in [0, 0.05) is 12.6 Å². The van der Waals surface area contributed by atoms with E-state index in [1.165, 1.54) is 11.1 Å². The van der Waals surface area contributed by atoms with Crippen LogP contribution >= 0.6 is 0 Å². The highest BCUT2D eigenvalue weighted by molar-refractivity contribution is 5.76. The SMILES string of the molecule is Cc1ccc(OCCC(=O)NC2CCCNC2)cc1C. The number of carbonyl (C=O) groups excluding carboxylic acids is 1. The molecule has 0 spiro atoms. The van der Waals surface area contributed by atoms with Crippen molar-refractivity contribution in [1.29, 1.82) is 0 Å². The van der Waals surface area contributed by atoms with Crippen LogP contribution in [0.5, 0.6) is 5.75 Å². The molecule has 1 aliphatic heterocycles. The van der Waals surface area contributed by atoms with Crippen molar-refractivity contribution in [2.45, 2.75) is 39.2 Å². The highest BCUT2D eigenvalue weighted by Crippen LogP contribution is 2.16. The van der Waals surface area contributed by atoms with Crippen LogP contribution < -0.4 is 15.4 Å². The topological polar surface area (TPSA) is 50.4 Å². The third-order valence-electron chi connectivity index (χ3n) is 3.74. The fourth-order valence-electron chi connectivity index (χ4n) is 2.34. The van der Waals surface area contributed by atoms with Crippen molar-refractivity contribution < 1.29 is 9.53 Å². The van der Waals surface area contributed by atoms with Gasteiger partial charge in [0.15, 0.2) is 0 Å². The number of hydrogen-bond acceptors (Lipinski definition) is 3. The van der Waals surface area contributed by atoms with Gasteiger partial charge in [0.1, 0.15) is 5.75 Å². The lowest BCUT2D eigenvalue weighted by molar-refractivity contribution is -0.122. The Bertz CT molecular complexity index is 454. The summed E-state index contributed by atoms with van der Waals surface area (Å²) in [7, 11) is 0. The van der Waals surface area contributed by atoms with Crippen molar-refractivity contribution >= 4 is 5.91 Å². The van der Waals surface area contributed by atoms with Gasteiger partial charge >= 0.3 is 0 Å². The Hall–Kier alpha value is -1.55. The van der Waals surface area contributed by atoms with Crippen molar-refractivity contribution in [3.05, 3.63) is 29.3 Å². The highest BCUT2D eigenvalue weighted by Gasteiger charge is 2.14. The quantitative estimate of drug-likeness (QED) is 0.864. The Morgan fingerprint density at radius 3 is 2.95 bits per heavy atom. The van der Waals surface area contributed by atoms with Gasteiger partial charge < -0.3 is 15.4 Å². The summed E-state index contributed by atoms with van der Waals surface area (Å²) in [5, 5.41) is 6.33. The minimum atomic E-state index is 0.0718. The summed E-state index contributed by atoms with van der Waals surface area (Å²) in [4.78, 5) is 11.8. The van der Waals surface area contributed by atoms with E-state index in [1.54, 1.807) is 0 Å². The van der Waals surface area contributed by atoms with E-state index in [0.717, 1.165) is 31.7 Å². The maximum absolute atomic E-state index is 11.8. The molecule has 20 heavy (non-hydrogen) atoms. The molecule has 0 aromatic heterocycles. The predicted molar refractivity (Wildman–Crippen MR) is 80.1 cm³/mol. The van der Waals surface area contributed by atoms with Crippen molar-refractivity contribution in [2.24, 2.45) is 0 Å². The number of piperidine rings is 1. The highest BCUT2D eigenvalue weighted by atomic mass is 16.5. The van der Waals surface area contributed by atoms with Crippen LogP contribution in [0.25, 0.3) is 0 Å². The summed E-state index contributed by atoms with van der Waals surface area (Å²) in [6.07, 6.45) is 2.60. The zero-order valence-electron chi connectivity index (χ0n) is 12.4. The molecule has 4 nitrogen and oxygen atoms in total. The molecule has 0 bridgehead atoms. The monoisotopic (exact) mass is 276 g/mol. The van der Waals surface area contributed by atoms with Gasteiger partial charge in [-0.1, -0.05) is 6.07 Å². The summed E-state index contributed by atoms with van der Waals surface area (Å²) in [6.45, 7) is 6.50. The van der Waals surface area contributed by atoms with E-state index in [2.05, 4.69) is 24.5 Å². The number of rotatable bonds is 5. The van der Waals surface area contributed by atoms with Gasteiger partial charge in [-0.15, -0.1) is 0 Å². The molecule has 1 aromatic rings. The summed E-state index contributed by atoms with van der Waals surface area (Å²) in [5.74, 6) is 0.905. The first kappa shape index (κ1) is 14.9. The largest absolute Gasteiger partial charge is 0.493 e. The number of amides is 1. The fraction of sp³-hybridized carbons (Fsp3) is 0.562. The lowest BCUT2D eigenvalue weighted by Crippen LogP contribution is -2.45. The molecule has 1 fully saturated rings. The molecule has 0 radical (unpaired) electrons. The first-order chi connectivity index (χ1) is 9.65. The first-order valence-corrected chi connectivity index (χ1v) is 7.35. The molecule has 4 heteroatoms. The van der Waals surface area contributed by atoms with Crippen LogP contribution in [0.2, 0.25) is 0 Å². The Balaban J connectivity index is 1.69.